The highest BCUT2D eigenvalue weighted by Gasteiger charge is 2.20. The third kappa shape index (κ3) is 4.25. The van der Waals surface area contributed by atoms with Gasteiger partial charge in [-0.05, 0) is 87.1 Å². The maximum Gasteiger partial charge on any atom is 0.235 e. The molecule has 0 bridgehead atoms. The van der Waals surface area contributed by atoms with E-state index < -0.39 is 0 Å². The Labute approximate surface area is 280 Å². The fourth-order valence-electron chi connectivity index (χ4n) is 7.02. The summed E-state index contributed by atoms with van der Waals surface area (Å²) < 4.78 is 4.65. The molecule has 4 aromatic heterocycles. The van der Waals surface area contributed by atoms with Gasteiger partial charge in [0.25, 0.3) is 0 Å². The van der Waals surface area contributed by atoms with Gasteiger partial charge in [-0.25, -0.2) is 15.0 Å². The Bertz CT molecular complexity index is 2760. The zero-order chi connectivity index (χ0) is 31.6. The first-order valence-electron chi connectivity index (χ1n) is 16.0. The van der Waals surface area contributed by atoms with Crippen LogP contribution < -0.4 is 0 Å². The summed E-state index contributed by atoms with van der Waals surface area (Å²) in [6.07, 6.45) is 5.72. The molecule has 0 atom stereocenters. The molecule has 0 radical (unpaired) electrons. The number of benzene rings is 6. The minimum atomic E-state index is 0.603. The molecular weight excluding hydrogens is 605 g/mol. The second-order valence-corrected chi connectivity index (χ2v) is 13.2. The monoisotopic (exact) mass is 630 g/mol. The molecule has 0 aliphatic rings. The van der Waals surface area contributed by atoms with Crippen molar-refractivity contribution in [2.24, 2.45) is 0 Å². The molecule has 48 heavy (non-hydrogen) atoms. The average molecular weight is 631 g/mol. The van der Waals surface area contributed by atoms with E-state index in [4.69, 9.17) is 15.0 Å². The predicted octanol–water partition coefficient (Wildman–Crippen LogP) is 11.5. The van der Waals surface area contributed by atoms with Gasteiger partial charge in [0, 0.05) is 55.1 Å². The third-order valence-corrected chi connectivity index (χ3v) is 10.5. The lowest BCUT2D eigenvalue weighted by molar-refractivity contribution is 0.977. The number of aromatic nitrogens is 4. The quantitative estimate of drug-likeness (QED) is 0.194. The number of fused-ring (bicyclic) bond motifs is 8. The standard InChI is InChI=1S/C43H26N4S/c1-3-10-27(11-4-1)31-20-32(28-12-5-2-6-13-28)22-33(21-31)34-25-45-43(46-26-34)47-38-18-17-35-37-23-29-14-7-8-15-30(29)24-39(37)48-41(35)40(38)36-16-9-19-44-42(36)47/h1-26H. The Morgan fingerprint density at radius 2 is 1.08 bits per heavy atom. The van der Waals surface area contributed by atoms with Gasteiger partial charge < -0.3 is 0 Å². The van der Waals surface area contributed by atoms with Crippen molar-refractivity contribution in [3.05, 3.63) is 158 Å². The minimum absolute atomic E-state index is 0.603. The highest BCUT2D eigenvalue weighted by atomic mass is 32.1. The van der Waals surface area contributed by atoms with E-state index in [9.17, 15) is 0 Å². The van der Waals surface area contributed by atoms with Crippen molar-refractivity contribution >= 4 is 64.2 Å². The Hall–Kier alpha value is -6.17. The lowest BCUT2D eigenvalue weighted by Crippen LogP contribution is -2.01. The molecule has 0 spiro atoms. The molecule has 0 aliphatic carbocycles. The lowest BCUT2D eigenvalue weighted by Gasteiger charge is -2.12. The van der Waals surface area contributed by atoms with E-state index >= 15 is 0 Å². The van der Waals surface area contributed by atoms with Gasteiger partial charge in [0.05, 0.1) is 5.52 Å². The van der Waals surface area contributed by atoms with Crippen LogP contribution in [0.1, 0.15) is 0 Å². The molecule has 0 aliphatic heterocycles. The van der Waals surface area contributed by atoms with Crippen molar-refractivity contribution in [1.29, 1.82) is 0 Å². The number of hydrogen-bond acceptors (Lipinski definition) is 4. The van der Waals surface area contributed by atoms with Crippen molar-refractivity contribution in [2.75, 3.05) is 0 Å². The molecule has 0 N–H and O–H groups in total. The summed E-state index contributed by atoms with van der Waals surface area (Å²) in [7, 11) is 0. The summed E-state index contributed by atoms with van der Waals surface area (Å²) in [6.45, 7) is 0. The van der Waals surface area contributed by atoms with Crippen LogP contribution in [0.5, 0.6) is 0 Å². The number of nitrogens with zero attached hydrogens (tertiary/aromatic N) is 4. The first-order chi connectivity index (χ1) is 23.8. The smallest absolute Gasteiger partial charge is 0.235 e. The molecule has 10 rings (SSSR count). The van der Waals surface area contributed by atoms with E-state index in [1.165, 1.54) is 47.5 Å². The number of thiophene rings is 1. The Morgan fingerprint density at radius 3 is 1.77 bits per heavy atom. The highest BCUT2D eigenvalue weighted by molar-refractivity contribution is 7.26. The third-order valence-electron chi connectivity index (χ3n) is 9.31. The van der Waals surface area contributed by atoms with Gasteiger partial charge in [0.15, 0.2) is 0 Å². The Balaban J connectivity index is 1.14. The molecule has 0 unspecified atom stereocenters. The van der Waals surface area contributed by atoms with E-state index in [0.717, 1.165) is 38.8 Å². The highest BCUT2D eigenvalue weighted by Crippen LogP contribution is 2.43. The summed E-state index contributed by atoms with van der Waals surface area (Å²) in [6, 6.07) is 49.6. The fraction of sp³-hybridized carbons (Fsp3) is 0. The van der Waals surface area contributed by atoms with Crippen molar-refractivity contribution in [2.45, 2.75) is 0 Å². The Kier molecular flexibility index (Phi) is 6.01. The van der Waals surface area contributed by atoms with Crippen molar-refractivity contribution in [3.63, 3.8) is 0 Å². The van der Waals surface area contributed by atoms with Gasteiger partial charge in [-0.15, -0.1) is 11.3 Å². The van der Waals surface area contributed by atoms with Gasteiger partial charge in [0.2, 0.25) is 5.95 Å². The van der Waals surface area contributed by atoms with Crippen molar-refractivity contribution in [3.8, 4) is 39.3 Å². The summed E-state index contributed by atoms with van der Waals surface area (Å²) in [5, 5.41) is 7.36. The second-order valence-electron chi connectivity index (χ2n) is 12.1. The molecule has 224 valence electrons. The maximum absolute atomic E-state index is 4.98. The van der Waals surface area contributed by atoms with Crippen LogP contribution in [0.2, 0.25) is 0 Å². The molecule has 5 heteroatoms. The molecule has 0 amide bonds. The fourth-order valence-corrected chi connectivity index (χ4v) is 8.31. The maximum atomic E-state index is 4.98. The van der Waals surface area contributed by atoms with E-state index in [1.807, 2.05) is 36.0 Å². The van der Waals surface area contributed by atoms with Crippen LogP contribution in [0.3, 0.4) is 0 Å². The zero-order valence-corrected chi connectivity index (χ0v) is 26.5. The first kappa shape index (κ1) is 27.0. The zero-order valence-electron chi connectivity index (χ0n) is 25.7. The topological polar surface area (TPSA) is 43.6 Å². The van der Waals surface area contributed by atoms with Crippen molar-refractivity contribution < 1.29 is 0 Å². The van der Waals surface area contributed by atoms with Crippen LogP contribution in [0.4, 0.5) is 0 Å². The van der Waals surface area contributed by atoms with E-state index in [-0.39, 0.29) is 0 Å². The van der Waals surface area contributed by atoms with Gasteiger partial charge in [-0.3, -0.25) is 4.57 Å². The number of rotatable bonds is 4. The molecule has 6 aromatic carbocycles. The SMILES string of the molecule is c1ccc(-c2cc(-c3ccccc3)cc(-c3cnc(-n4c5ccc6c7cc8ccccc8cc7sc6c5c5cccnc54)nc3)c2)cc1. The lowest BCUT2D eigenvalue weighted by atomic mass is 9.94. The molecule has 0 fully saturated rings. The second kappa shape index (κ2) is 10.7. The summed E-state index contributed by atoms with van der Waals surface area (Å²) in [4.78, 5) is 14.8. The number of pyridine rings is 1. The van der Waals surface area contributed by atoms with Crippen LogP contribution in [0.15, 0.2) is 158 Å². The summed E-state index contributed by atoms with van der Waals surface area (Å²) >= 11 is 1.85. The largest absolute Gasteiger partial charge is 0.262 e. The van der Waals surface area contributed by atoms with Crippen molar-refractivity contribution in [1.82, 2.24) is 19.5 Å². The normalized spacial score (nSPS) is 11.8. The molecule has 4 nitrogen and oxygen atoms in total. The van der Waals surface area contributed by atoms with Crippen LogP contribution in [0.25, 0.3) is 92.2 Å². The van der Waals surface area contributed by atoms with Gasteiger partial charge in [-0.2, -0.15) is 0 Å². The minimum Gasteiger partial charge on any atom is -0.262 e. The van der Waals surface area contributed by atoms with Crippen LogP contribution in [0, 0.1) is 0 Å². The molecule has 0 saturated carbocycles. The van der Waals surface area contributed by atoms with Crippen LogP contribution in [-0.4, -0.2) is 19.5 Å². The van der Waals surface area contributed by atoms with E-state index in [1.54, 1.807) is 0 Å². The molecular formula is C43H26N4S. The molecule has 10 aromatic rings. The molecule has 4 heterocycles. The van der Waals surface area contributed by atoms with E-state index in [0.29, 0.717) is 5.95 Å². The average Bonchev–Trinajstić information content (AvgIpc) is 3.69. The van der Waals surface area contributed by atoms with Gasteiger partial charge in [0.1, 0.15) is 5.65 Å². The number of hydrogen-bond donors (Lipinski definition) is 0. The van der Waals surface area contributed by atoms with Gasteiger partial charge in [-0.1, -0.05) is 91.0 Å². The Morgan fingerprint density at radius 1 is 0.458 bits per heavy atom. The van der Waals surface area contributed by atoms with Crippen LogP contribution >= 0.6 is 11.3 Å². The van der Waals surface area contributed by atoms with Gasteiger partial charge >= 0.3 is 0 Å². The van der Waals surface area contributed by atoms with E-state index in [2.05, 4.69) is 138 Å². The first-order valence-corrected chi connectivity index (χ1v) is 16.8. The molecule has 0 saturated heterocycles. The van der Waals surface area contributed by atoms with Crippen LogP contribution in [-0.2, 0) is 0 Å². The predicted molar refractivity (Wildman–Crippen MR) is 201 cm³/mol. The summed E-state index contributed by atoms with van der Waals surface area (Å²) in [5.74, 6) is 0.603. The summed E-state index contributed by atoms with van der Waals surface area (Å²) in [5.41, 5.74) is 8.59.